The first-order valence-corrected chi connectivity index (χ1v) is 6.95. The van der Waals surface area contributed by atoms with Gasteiger partial charge in [-0.2, -0.15) is 0 Å². The van der Waals surface area contributed by atoms with E-state index >= 15 is 0 Å². The Balaban J connectivity index is 3.20. The van der Waals surface area contributed by atoms with Crippen LogP contribution in [0.5, 0.6) is 0 Å². The second kappa shape index (κ2) is 6.77. The zero-order valence-corrected chi connectivity index (χ0v) is 12.7. The lowest BCUT2D eigenvalue weighted by atomic mass is 10.1. The molecular weight excluding hydrogens is 266 g/mol. The molecule has 0 aliphatic rings. The summed E-state index contributed by atoms with van der Waals surface area (Å²) in [5.74, 6) is -0.551. The van der Waals surface area contributed by atoms with Gasteiger partial charge in [0.05, 0.1) is 6.61 Å². The lowest BCUT2D eigenvalue weighted by Gasteiger charge is -2.15. The van der Waals surface area contributed by atoms with Crippen molar-refractivity contribution < 1.29 is 19.1 Å². The van der Waals surface area contributed by atoms with Crippen molar-refractivity contribution in [3.8, 4) is 0 Å². The fourth-order valence-electron chi connectivity index (χ4n) is 1.69. The van der Waals surface area contributed by atoms with Gasteiger partial charge in [-0.1, -0.05) is 13.8 Å². The number of ketones is 1. The van der Waals surface area contributed by atoms with Gasteiger partial charge in [-0.25, -0.2) is 9.78 Å². The predicted molar refractivity (Wildman–Crippen MR) is 72.7 cm³/mol. The van der Waals surface area contributed by atoms with Crippen LogP contribution in [0.1, 0.15) is 59.0 Å². The summed E-state index contributed by atoms with van der Waals surface area (Å²) >= 11 is 1.20. The van der Waals surface area contributed by atoms with Crippen LogP contribution in [0.15, 0.2) is 0 Å². The average molecular weight is 285 g/mol. The molecule has 1 rings (SSSR count). The summed E-state index contributed by atoms with van der Waals surface area (Å²) < 4.78 is 10.3. The highest BCUT2D eigenvalue weighted by Gasteiger charge is 2.27. The van der Waals surface area contributed by atoms with Crippen LogP contribution >= 0.6 is 11.3 Å². The highest BCUT2D eigenvalue weighted by molar-refractivity contribution is 7.14. The molecule has 0 spiro atoms. The molecule has 1 unspecified atom stereocenters. The van der Waals surface area contributed by atoms with Gasteiger partial charge in [0, 0.05) is 14.0 Å². The van der Waals surface area contributed by atoms with Crippen molar-refractivity contribution in [3.05, 3.63) is 15.6 Å². The average Bonchev–Trinajstić information content (AvgIpc) is 2.74. The maximum Gasteiger partial charge on any atom is 0.358 e. The topological polar surface area (TPSA) is 65.5 Å². The molecule has 0 fully saturated rings. The van der Waals surface area contributed by atoms with Gasteiger partial charge in [0.1, 0.15) is 16.0 Å². The summed E-state index contributed by atoms with van der Waals surface area (Å²) in [6.07, 6.45) is -0.230. The Hall–Kier alpha value is -1.27. The number of rotatable bonds is 6. The van der Waals surface area contributed by atoms with Crippen molar-refractivity contribution in [1.29, 1.82) is 0 Å². The van der Waals surface area contributed by atoms with Gasteiger partial charge in [0.15, 0.2) is 11.5 Å². The van der Waals surface area contributed by atoms with Crippen molar-refractivity contribution in [2.24, 2.45) is 5.92 Å². The molecule has 0 aliphatic heterocycles. The minimum atomic E-state index is -0.561. The number of carbonyl (C=O) groups excluding carboxylic acids is 2. The third kappa shape index (κ3) is 3.61. The second-order valence-electron chi connectivity index (χ2n) is 4.41. The molecule has 0 saturated carbocycles. The van der Waals surface area contributed by atoms with Crippen molar-refractivity contribution in [2.75, 3.05) is 13.7 Å². The normalized spacial score (nSPS) is 12.5. The minimum Gasteiger partial charge on any atom is -0.461 e. The quantitative estimate of drug-likeness (QED) is 0.594. The van der Waals surface area contributed by atoms with E-state index in [9.17, 15) is 9.59 Å². The molecule has 0 aliphatic carbocycles. The fourth-order valence-corrected chi connectivity index (χ4v) is 2.89. The number of Topliss-reactive ketones (excluding diaryl/α,β-unsaturated/α-hetero) is 1. The van der Waals surface area contributed by atoms with Gasteiger partial charge in [0.2, 0.25) is 0 Å². The first-order chi connectivity index (χ1) is 8.92. The van der Waals surface area contributed by atoms with Crippen molar-refractivity contribution in [1.82, 2.24) is 4.98 Å². The van der Waals surface area contributed by atoms with E-state index in [1.54, 1.807) is 14.0 Å². The molecule has 19 heavy (non-hydrogen) atoms. The van der Waals surface area contributed by atoms with E-state index in [0.29, 0.717) is 9.88 Å². The standard InChI is InChI=1S/C13H19NO4S/c1-6-18-13(16)9-11(8(4)15)19-12(14-9)10(17-5)7(2)3/h7,10H,6H2,1-5H3. The molecular formula is C13H19NO4S. The molecule has 6 heteroatoms. The molecule has 1 atom stereocenters. The third-order valence-corrected chi connectivity index (χ3v) is 3.75. The number of aromatic nitrogens is 1. The smallest absolute Gasteiger partial charge is 0.358 e. The summed E-state index contributed by atoms with van der Waals surface area (Å²) in [5.41, 5.74) is 0.0945. The summed E-state index contributed by atoms with van der Waals surface area (Å²) in [5, 5.41) is 0.630. The van der Waals surface area contributed by atoms with Crippen LogP contribution < -0.4 is 0 Å². The number of methoxy groups -OCH3 is 1. The Bertz CT molecular complexity index is 467. The largest absolute Gasteiger partial charge is 0.461 e. The Morgan fingerprint density at radius 2 is 2.00 bits per heavy atom. The zero-order valence-electron chi connectivity index (χ0n) is 11.9. The van der Waals surface area contributed by atoms with Crippen LogP contribution in [0.3, 0.4) is 0 Å². The van der Waals surface area contributed by atoms with Gasteiger partial charge in [0.25, 0.3) is 0 Å². The predicted octanol–water partition coefficient (Wildman–Crippen LogP) is 2.87. The molecule has 0 saturated heterocycles. The number of esters is 1. The number of carbonyl (C=O) groups is 2. The second-order valence-corrected chi connectivity index (χ2v) is 5.44. The molecule has 0 amide bonds. The van der Waals surface area contributed by atoms with Gasteiger partial charge >= 0.3 is 5.97 Å². The highest BCUT2D eigenvalue weighted by atomic mass is 32.1. The monoisotopic (exact) mass is 285 g/mol. The molecule has 5 nitrogen and oxygen atoms in total. The van der Waals surface area contributed by atoms with Crippen LogP contribution in [-0.2, 0) is 9.47 Å². The number of hydrogen-bond acceptors (Lipinski definition) is 6. The Morgan fingerprint density at radius 1 is 1.37 bits per heavy atom. The SMILES string of the molecule is CCOC(=O)c1nc(C(OC)C(C)C)sc1C(C)=O. The van der Waals surface area contributed by atoms with E-state index in [1.165, 1.54) is 18.3 Å². The van der Waals surface area contributed by atoms with E-state index in [0.717, 1.165) is 0 Å². The summed E-state index contributed by atoms with van der Waals surface area (Å²) in [6, 6.07) is 0. The number of ether oxygens (including phenoxy) is 2. The van der Waals surface area contributed by atoms with Crippen LogP contribution in [0, 0.1) is 5.92 Å². The van der Waals surface area contributed by atoms with E-state index in [4.69, 9.17) is 9.47 Å². The fraction of sp³-hybridized carbons (Fsp3) is 0.615. The van der Waals surface area contributed by atoms with Crippen LogP contribution in [0.2, 0.25) is 0 Å². The molecule has 1 aromatic heterocycles. The van der Waals surface area contributed by atoms with Gasteiger partial charge in [-0.15, -0.1) is 11.3 Å². The van der Waals surface area contributed by atoms with Crippen molar-refractivity contribution in [2.45, 2.75) is 33.8 Å². The summed E-state index contributed by atoms with van der Waals surface area (Å²) in [4.78, 5) is 28.0. The van der Waals surface area contributed by atoms with E-state index < -0.39 is 5.97 Å². The third-order valence-electron chi connectivity index (χ3n) is 2.54. The summed E-state index contributed by atoms with van der Waals surface area (Å²) in [6.45, 7) is 7.36. The number of thiazole rings is 1. The Labute approximate surface area is 116 Å². The minimum absolute atomic E-state index is 0.0945. The molecule has 0 bridgehead atoms. The molecule has 0 N–H and O–H groups in total. The van der Waals surface area contributed by atoms with E-state index in [2.05, 4.69) is 4.98 Å². The Morgan fingerprint density at radius 3 is 2.42 bits per heavy atom. The first-order valence-electron chi connectivity index (χ1n) is 6.13. The van der Waals surface area contributed by atoms with Gasteiger partial charge in [-0.05, 0) is 12.8 Å². The first kappa shape index (κ1) is 15.8. The van der Waals surface area contributed by atoms with Crippen LogP contribution in [0.25, 0.3) is 0 Å². The molecule has 0 aromatic carbocycles. The van der Waals surface area contributed by atoms with Crippen molar-refractivity contribution >= 4 is 23.1 Å². The van der Waals surface area contributed by atoms with Crippen molar-refractivity contribution in [3.63, 3.8) is 0 Å². The maximum atomic E-state index is 11.8. The number of hydrogen-bond donors (Lipinski definition) is 0. The lowest BCUT2D eigenvalue weighted by molar-refractivity contribution is 0.0510. The van der Waals surface area contributed by atoms with Gasteiger partial charge in [-0.3, -0.25) is 4.79 Å². The Kier molecular flexibility index (Phi) is 5.62. The molecule has 0 radical (unpaired) electrons. The number of nitrogens with zero attached hydrogens (tertiary/aromatic N) is 1. The highest BCUT2D eigenvalue weighted by Crippen LogP contribution is 2.31. The van der Waals surface area contributed by atoms with E-state index in [-0.39, 0.29) is 30.1 Å². The van der Waals surface area contributed by atoms with Gasteiger partial charge < -0.3 is 9.47 Å². The molecule has 1 heterocycles. The van der Waals surface area contributed by atoms with Crippen LogP contribution in [0.4, 0.5) is 0 Å². The molecule has 106 valence electrons. The van der Waals surface area contributed by atoms with E-state index in [1.807, 2.05) is 13.8 Å². The summed E-state index contributed by atoms with van der Waals surface area (Å²) in [7, 11) is 1.59. The zero-order chi connectivity index (χ0) is 14.6. The van der Waals surface area contributed by atoms with Crippen LogP contribution in [-0.4, -0.2) is 30.5 Å². The maximum absolute atomic E-state index is 11.8. The molecule has 1 aromatic rings. The lowest BCUT2D eigenvalue weighted by Crippen LogP contribution is -2.11.